The second-order valence-corrected chi connectivity index (χ2v) is 4.05. The Kier molecular flexibility index (Phi) is 7.70. The van der Waals surface area contributed by atoms with Gasteiger partial charge in [0.15, 0.2) is 0 Å². The van der Waals surface area contributed by atoms with Gasteiger partial charge in [-0.2, -0.15) is 11.8 Å². The van der Waals surface area contributed by atoms with Gasteiger partial charge in [-0.3, -0.25) is 0 Å². The summed E-state index contributed by atoms with van der Waals surface area (Å²) in [6.07, 6.45) is 2.03. The van der Waals surface area contributed by atoms with Gasteiger partial charge in [0.1, 0.15) is 0 Å². The summed E-state index contributed by atoms with van der Waals surface area (Å²) in [6, 6.07) is 0.219. The largest absolute Gasteiger partial charge is 0.383 e. The molecule has 0 aromatic heterocycles. The zero-order valence-corrected chi connectivity index (χ0v) is 10.2. The highest BCUT2D eigenvalue weighted by Crippen LogP contribution is 2.03. The second-order valence-electron chi connectivity index (χ2n) is 3.14. The van der Waals surface area contributed by atoms with E-state index in [0.717, 1.165) is 5.75 Å². The van der Waals surface area contributed by atoms with Crippen LogP contribution in [0, 0.1) is 0 Å². The van der Waals surface area contributed by atoms with E-state index in [2.05, 4.69) is 5.32 Å². The maximum atomic E-state index is 11.5. The number of nitrogens with one attached hydrogen (secondary N) is 1. The number of thioether (sulfide) groups is 1. The van der Waals surface area contributed by atoms with Crippen molar-refractivity contribution >= 4 is 17.8 Å². The molecule has 0 aromatic rings. The van der Waals surface area contributed by atoms with E-state index >= 15 is 0 Å². The summed E-state index contributed by atoms with van der Waals surface area (Å²) in [5.41, 5.74) is 0. The van der Waals surface area contributed by atoms with Gasteiger partial charge in [0, 0.05) is 32.5 Å². The van der Waals surface area contributed by atoms with Crippen LogP contribution in [0.4, 0.5) is 4.79 Å². The van der Waals surface area contributed by atoms with Crippen molar-refractivity contribution in [2.75, 3.05) is 39.3 Å². The highest BCUT2D eigenvalue weighted by molar-refractivity contribution is 7.98. The van der Waals surface area contributed by atoms with E-state index in [1.165, 1.54) is 0 Å². The van der Waals surface area contributed by atoms with Crippen molar-refractivity contribution in [3.05, 3.63) is 0 Å². The van der Waals surface area contributed by atoms with E-state index in [4.69, 9.17) is 4.74 Å². The number of methoxy groups -OCH3 is 1. The van der Waals surface area contributed by atoms with Crippen LogP contribution in [0.3, 0.4) is 0 Å². The zero-order chi connectivity index (χ0) is 11.0. The summed E-state index contributed by atoms with van der Waals surface area (Å²) in [7, 11) is 3.43. The molecule has 2 amide bonds. The Balaban J connectivity index is 3.74. The molecule has 0 aliphatic rings. The van der Waals surface area contributed by atoms with Crippen molar-refractivity contribution in [1.82, 2.24) is 10.2 Å². The van der Waals surface area contributed by atoms with Gasteiger partial charge in [-0.25, -0.2) is 4.79 Å². The predicted molar refractivity (Wildman–Crippen MR) is 60.9 cm³/mol. The average Bonchev–Trinajstić information content (AvgIpc) is 2.17. The number of ether oxygens (including phenoxy) is 1. The van der Waals surface area contributed by atoms with E-state index in [9.17, 15) is 4.79 Å². The van der Waals surface area contributed by atoms with E-state index in [0.29, 0.717) is 13.2 Å². The number of hydrogen-bond acceptors (Lipinski definition) is 3. The molecule has 0 bridgehead atoms. The van der Waals surface area contributed by atoms with E-state index in [1.807, 2.05) is 20.2 Å². The summed E-state index contributed by atoms with van der Waals surface area (Å²) in [4.78, 5) is 13.2. The Morgan fingerprint density at radius 3 is 2.79 bits per heavy atom. The number of amides is 2. The molecule has 0 saturated heterocycles. The predicted octanol–water partition coefficient (Wildman–Crippen LogP) is 1.03. The SMILES string of the molecule is COCCNC(=O)N(C)[C@H](C)CSC. The first-order chi connectivity index (χ1) is 6.63. The number of urea groups is 1. The van der Waals surface area contributed by atoms with Crippen LogP contribution >= 0.6 is 11.8 Å². The van der Waals surface area contributed by atoms with Crippen LogP contribution in [0.15, 0.2) is 0 Å². The molecule has 5 heteroatoms. The Morgan fingerprint density at radius 1 is 1.64 bits per heavy atom. The summed E-state index contributed by atoms with van der Waals surface area (Å²) in [6.45, 7) is 3.15. The van der Waals surface area contributed by atoms with Gasteiger partial charge in [-0.1, -0.05) is 0 Å². The normalized spacial score (nSPS) is 12.3. The smallest absolute Gasteiger partial charge is 0.317 e. The lowest BCUT2D eigenvalue weighted by atomic mass is 10.3. The topological polar surface area (TPSA) is 41.6 Å². The first-order valence-corrected chi connectivity index (χ1v) is 6.01. The average molecular weight is 220 g/mol. The standard InChI is InChI=1S/C9H20N2O2S/c1-8(7-14-4)11(2)9(12)10-5-6-13-3/h8H,5-7H2,1-4H3,(H,10,12)/t8-/m1/s1. The van der Waals surface area contributed by atoms with Crippen molar-refractivity contribution in [2.24, 2.45) is 0 Å². The fourth-order valence-corrected chi connectivity index (χ4v) is 1.64. The molecule has 0 aromatic carbocycles. The molecule has 0 aliphatic heterocycles. The molecule has 1 atom stereocenters. The van der Waals surface area contributed by atoms with Gasteiger partial charge in [0.05, 0.1) is 6.61 Å². The van der Waals surface area contributed by atoms with Crippen LogP contribution in [0.2, 0.25) is 0 Å². The maximum Gasteiger partial charge on any atom is 0.317 e. The van der Waals surface area contributed by atoms with Crippen molar-refractivity contribution in [3.8, 4) is 0 Å². The first-order valence-electron chi connectivity index (χ1n) is 4.62. The number of carbonyl (C=O) groups excluding carboxylic acids is 1. The van der Waals surface area contributed by atoms with Crippen LogP contribution < -0.4 is 5.32 Å². The molecule has 0 radical (unpaired) electrons. The lowest BCUT2D eigenvalue weighted by Crippen LogP contribution is -2.44. The van der Waals surface area contributed by atoms with Gasteiger partial charge in [-0.05, 0) is 13.2 Å². The van der Waals surface area contributed by atoms with E-state index in [1.54, 1.807) is 23.8 Å². The van der Waals surface area contributed by atoms with Gasteiger partial charge < -0.3 is 15.0 Å². The molecule has 1 N–H and O–H groups in total. The maximum absolute atomic E-state index is 11.5. The van der Waals surface area contributed by atoms with Gasteiger partial charge in [0.2, 0.25) is 0 Å². The Hall–Kier alpha value is -0.420. The minimum Gasteiger partial charge on any atom is -0.383 e. The zero-order valence-electron chi connectivity index (χ0n) is 9.37. The molecule has 0 spiro atoms. The third-order valence-electron chi connectivity index (χ3n) is 1.97. The third kappa shape index (κ3) is 5.34. The fourth-order valence-electron chi connectivity index (χ4n) is 0.938. The van der Waals surface area contributed by atoms with E-state index in [-0.39, 0.29) is 12.1 Å². The molecule has 0 aliphatic carbocycles. The molecule has 0 unspecified atom stereocenters. The van der Waals surface area contributed by atoms with Gasteiger partial charge in [0.25, 0.3) is 0 Å². The molecule has 84 valence electrons. The molecule has 0 heterocycles. The Labute approximate surface area is 90.4 Å². The minimum absolute atomic E-state index is 0.0383. The Morgan fingerprint density at radius 2 is 2.29 bits per heavy atom. The second kappa shape index (κ2) is 7.94. The summed E-state index contributed by atoms with van der Waals surface area (Å²) < 4.78 is 4.84. The molecular weight excluding hydrogens is 200 g/mol. The lowest BCUT2D eigenvalue weighted by Gasteiger charge is -2.24. The van der Waals surface area contributed by atoms with Crippen molar-refractivity contribution in [1.29, 1.82) is 0 Å². The minimum atomic E-state index is -0.0383. The highest BCUT2D eigenvalue weighted by atomic mass is 32.2. The molecule has 14 heavy (non-hydrogen) atoms. The van der Waals surface area contributed by atoms with Crippen LogP contribution in [-0.4, -0.2) is 56.3 Å². The van der Waals surface area contributed by atoms with Crippen LogP contribution in [0.5, 0.6) is 0 Å². The lowest BCUT2D eigenvalue weighted by molar-refractivity contribution is 0.180. The number of hydrogen-bond donors (Lipinski definition) is 1. The van der Waals surface area contributed by atoms with Crippen molar-refractivity contribution in [2.45, 2.75) is 13.0 Å². The van der Waals surface area contributed by atoms with Crippen LogP contribution in [-0.2, 0) is 4.74 Å². The van der Waals surface area contributed by atoms with Crippen LogP contribution in [0.1, 0.15) is 6.92 Å². The third-order valence-corrected chi connectivity index (χ3v) is 2.79. The molecule has 4 nitrogen and oxygen atoms in total. The fraction of sp³-hybridized carbons (Fsp3) is 0.889. The summed E-state index contributed by atoms with van der Waals surface area (Å²) in [5.74, 6) is 0.953. The quantitative estimate of drug-likeness (QED) is 0.680. The van der Waals surface area contributed by atoms with Gasteiger partial charge in [-0.15, -0.1) is 0 Å². The highest BCUT2D eigenvalue weighted by Gasteiger charge is 2.13. The van der Waals surface area contributed by atoms with Crippen LogP contribution in [0.25, 0.3) is 0 Å². The van der Waals surface area contributed by atoms with Gasteiger partial charge >= 0.3 is 6.03 Å². The Bertz CT molecular complexity index is 167. The summed E-state index contributed by atoms with van der Waals surface area (Å²) >= 11 is 1.74. The molecular formula is C9H20N2O2S. The number of nitrogens with zero attached hydrogens (tertiary/aromatic N) is 1. The van der Waals surface area contributed by atoms with Crippen molar-refractivity contribution < 1.29 is 9.53 Å². The summed E-state index contributed by atoms with van der Waals surface area (Å²) in [5, 5.41) is 2.78. The molecule has 0 rings (SSSR count). The molecule has 0 saturated carbocycles. The molecule has 0 fully saturated rings. The monoisotopic (exact) mass is 220 g/mol. The van der Waals surface area contributed by atoms with Crippen molar-refractivity contribution in [3.63, 3.8) is 0 Å². The number of carbonyl (C=O) groups is 1. The first kappa shape index (κ1) is 13.6. The number of rotatable bonds is 6. The van der Waals surface area contributed by atoms with E-state index < -0.39 is 0 Å².